The predicted octanol–water partition coefficient (Wildman–Crippen LogP) is 7.10. The number of hydrogen-bond acceptors (Lipinski definition) is 2. The maximum Gasteiger partial charge on any atom is 0.128 e. The molecule has 128 valence electrons. The lowest BCUT2D eigenvalue weighted by atomic mass is 10.0. The Kier molecular flexibility index (Phi) is 10.8. The Bertz CT molecular complexity index is 482. The van der Waals surface area contributed by atoms with E-state index in [2.05, 4.69) is 23.0 Å². The molecule has 0 saturated heterocycles. The summed E-state index contributed by atoms with van der Waals surface area (Å²) >= 11 is 0. The van der Waals surface area contributed by atoms with Gasteiger partial charge in [-0.15, -0.1) is 0 Å². The largest absolute Gasteiger partial charge is 0.496 e. The van der Waals surface area contributed by atoms with E-state index in [0.29, 0.717) is 11.4 Å². The van der Waals surface area contributed by atoms with Crippen molar-refractivity contribution in [2.45, 2.75) is 77.6 Å². The van der Waals surface area contributed by atoms with E-state index in [1.807, 2.05) is 12.1 Å². The Morgan fingerprint density at radius 3 is 2.13 bits per heavy atom. The normalized spacial score (nSPS) is 10.3. The quantitative estimate of drug-likeness (QED) is 0.166. The molecule has 0 aliphatic carbocycles. The third-order valence-corrected chi connectivity index (χ3v) is 4.21. The van der Waals surface area contributed by atoms with Crippen LogP contribution in [0.15, 0.2) is 23.3 Å². The van der Waals surface area contributed by atoms with Gasteiger partial charge in [-0.2, -0.15) is 0 Å². The van der Waals surface area contributed by atoms with Crippen LogP contribution in [0.25, 0.3) is 10.4 Å². The zero-order valence-electron chi connectivity index (χ0n) is 14.8. The van der Waals surface area contributed by atoms with Crippen LogP contribution in [0.4, 0.5) is 5.69 Å². The highest BCUT2D eigenvalue weighted by Gasteiger charge is 2.02. The first-order chi connectivity index (χ1) is 11.3. The summed E-state index contributed by atoms with van der Waals surface area (Å²) in [5.74, 6) is 0.634. The molecule has 0 aliphatic heterocycles. The van der Waals surface area contributed by atoms with Crippen molar-refractivity contribution >= 4 is 5.69 Å². The number of aryl methyl sites for hydroxylation is 1. The molecule has 4 nitrogen and oxygen atoms in total. The minimum atomic E-state index is 0.583. The molecule has 0 saturated carbocycles. The van der Waals surface area contributed by atoms with E-state index >= 15 is 0 Å². The molecule has 1 rings (SSSR count). The van der Waals surface area contributed by atoms with Crippen molar-refractivity contribution < 1.29 is 4.74 Å². The molecule has 0 unspecified atom stereocenters. The van der Waals surface area contributed by atoms with Crippen molar-refractivity contribution in [1.82, 2.24) is 0 Å². The first kappa shape index (κ1) is 19.4. The van der Waals surface area contributed by atoms with Crippen LogP contribution in [-0.4, -0.2) is 7.11 Å². The number of nitrogens with zero attached hydrogens (tertiary/aromatic N) is 3. The lowest BCUT2D eigenvalue weighted by Gasteiger charge is -2.07. The Hall–Kier alpha value is -1.67. The highest BCUT2D eigenvalue weighted by atomic mass is 16.5. The van der Waals surface area contributed by atoms with E-state index in [0.717, 1.165) is 6.42 Å². The maximum atomic E-state index is 8.60. The van der Waals surface area contributed by atoms with Gasteiger partial charge in [0.15, 0.2) is 0 Å². The molecule has 0 radical (unpaired) electrons. The van der Waals surface area contributed by atoms with E-state index < -0.39 is 0 Å². The van der Waals surface area contributed by atoms with Gasteiger partial charge in [-0.3, -0.25) is 0 Å². The highest BCUT2D eigenvalue weighted by molar-refractivity contribution is 5.53. The molecular formula is C19H31N3O. The lowest BCUT2D eigenvalue weighted by molar-refractivity contribution is 0.416. The van der Waals surface area contributed by atoms with E-state index in [9.17, 15) is 0 Å². The van der Waals surface area contributed by atoms with Gasteiger partial charge < -0.3 is 4.74 Å². The van der Waals surface area contributed by atoms with Crippen molar-refractivity contribution in [2.24, 2.45) is 5.11 Å². The van der Waals surface area contributed by atoms with E-state index in [1.54, 1.807) is 7.11 Å². The van der Waals surface area contributed by atoms with Gasteiger partial charge in [0.25, 0.3) is 0 Å². The number of ether oxygens (including phenoxy) is 1. The summed E-state index contributed by atoms with van der Waals surface area (Å²) < 4.78 is 5.19. The van der Waals surface area contributed by atoms with Crippen LogP contribution >= 0.6 is 0 Å². The number of hydrogen-bond donors (Lipinski definition) is 0. The molecule has 1 aromatic carbocycles. The molecule has 0 heterocycles. The van der Waals surface area contributed by atoms with Gasteiger partial charge >= 0.3 is 0 Å². The molecule has 0 bridgehead atoms. The molecule has 0 spiro atoms. The van der Waals surface area contributed by atoms with Gasteiger partial charge in [-0.25, -0.2) is 0 Å². The molecule has 0 amide bonds. The van der Waals surface area contributed by atoms with Crippen LogP contribution < -0.4 is 4.74 Å². The topological polar surface area (TPSA) is 58.0 Å². The van der Waals surface area contributed by atoms with Gasteiger partial charge in [-0.1, -0.05) is 75.9 Å². The van der Waals surface area contributed by atoms with Crippen LogP contribution in [0.3, 0.4) is 0 Å². The van der Waals surface area contributed by atoms with Gasteiger partial charge in [0.1, 0.15) is 5.75 Å². The third-order valence-electron chi connectivity index (χ3n) is 4.21. The minimum Gasteiger partial charge on any atom is -0.496 e. The van der Waals surface area contributed by atoms with Gasteiger partial charge in [-0.05, 0) is 36.1 Å². The molecule has 4 heteroatoms. The van der Waals surface area contributed by atoms with E-state index in [-0.39, 0.29) is 0 Å². The Morgan fingerprint density at radius 2 is 1.57 bits per heavy atom. The summed E-state index contributed by atoms with van der Waals surface area (Å²) in [4.78, 5) is 2.86. The van der Waals surface area contributed by atoms with E-state index in [4.69, 9.17) is 10.3 Å². The number of azide groups is 1. The standard InChI is InChI=1S/C19H31N3O/c1-3-4-5-6-7-8-9-10-11-12-13-17-14-15-19(23-2)18(16-17)21-22-20/h14-16H,3-13H2,1-2H3. The van der Waals surface area contributed by atoms with Crippen LogP contribution in [0.1, 0.15) is 76.7 Å². The molecule has 0 aliphatic rings. The summed E-state index contributed by atoms with van der Waals surface area (Å²) in [5, 5.41) is 3.69. The van der Waals surface area contributed by atoms with Crippen LogP contribution in [0.5, 0.6) is 5.75 Å². The second-order valence-corrected chi connectivity index (χ2v) is 6.13. The maximum absolute atomic E-state index is 8.60. The zero-order chi connectivity index (χ0) is 16.8. The van der Waals surface area contributed by atoms with Crippen LogP contribution in [0, 0.1) is 0 Å². The van der Waals surface area contributed by atoms with Crippen molar-refractivity contribution in [3.05, 3.63) is 34.2 Å². The summed E-state index contributed by atoms with van der Waals surface area (Å²) in [7, 11) is 1.59. The fourth-order valence-corrected chi connectivity index (χ4v) is 2.83. The van der Waals surface area contributed by atoms with Gasteiger partial charge in [0, 0.05) is 4.91 Å². The molecule has 0 aromatic heterocycles. The molecule has 0 fully saturated rings. The van der Waals surface area contributed by atoms with Crippen molar-refractivity contribution in [3.63, 3.8) is 0 Å². The minimum absolute atomic E-state index is 0.583. The zero-order valence-corrected chi connectivity index (χ0v) is 14.8. The lowest BCUT2D eigenvalue weighted by Crippen LogP contribution is -1.89. The SMILES string of the molecule is CCCCCCCCCCCCc1ccc(OC)c(N=[N+]=[N-])c1. The fraction of sp³-hybridized carbons (Fsp3) is 0.684. The number of methoxy groups -OCH3 is 1. The van der Waals surface area contributed by atoms with Crippen LogP contribution in [-0.2, 0) is 6.42 Å². The summed E-state index contributed by atoms with van der Waals surface area (Å²) in [5.41, 5.74) is 10.4. The smallest absolute Gasteiger partial charge is 0.128 e. The Labute approximate surface area is 140 Å². The highest BCUT2D eigenvalue weighted by Crippen LogP contribution is 2.29. The molecule has 0 N–H and O–H groups in total. The first-order valence-corrected chi connectivity index (χ1v) is 9.03. The van der Waals surface area contributed by atoms with Crippen molar-refractivity contribution in [2.75, 3.05) is 7.11 Å². The average molecular weight is 317 g/mol. The Morgan fingerprint density at radius 1 is 0.957 bits per heavy atom. The van der Waals surface area contributed by atoms with Crippen LogP contribution in [0.2, 0.25) is 0 Å². The van der Waals surface area contributed by atoms with Crippen molar-refractivity contribution in [3.8, 4) is 5.75 Å². The second kappa shape index (κ2) is 12.8. The number of rotatable bonds is 13. The summed E-state index contributed by atoms with van der Waals surface area (Å²) in [6.45, 7) is 2.26. The predicted molar refractivity (Wildman–Crippen MR) is 97.3 cm³/mol. The molecule has 23 heavy (non-hydrogen) atoms. The number of benzene rings is 1. The number of unbranched alkanes of at least 4 members (excludes halogenated alkanes) is 9. The van der Waals surface area contributed by atoms with Gasteiger partial charge in [0.05, 0.1) is 12.8 Å². The molecule has 0 atom stereocenters. The van der Waals surface area contributed by atoms with Gasteiger partial charge in [0.2, 0.25) is 0 Å². The first-order valence-electron chi connectivity index (χ1n) is 9.03. The monoisotopic (exact) mass is 317 g/mol. The molecule has 1 aromatic rings. The van der Waals surface area contributed by atoms with E-state index in [1.165, 1.54) is 69.8 Å². The average Bonchev–Trinajstić information content (AvgIpc) is 2.57. The Balaban J connectivity index is 2.16. The summed E-state index contributed by atoms with van der Waals surface area (Å²) in [6.07, 6.45) is 14.5. The fourth-order valence-electron chi connectivity index (χ4n) is 2.83. The van der Waals surface area contributed by atoms with Crippen molar-refractivity contribution in [1.29, 1.82) is 0 Å². The summed E-state index contributed by atoms with van der Waals surface area (Å²) in [6, 6.07) is 5.88. The molecular weight excluding hydrogens is 286 g/mol. The second-order valence-electron chi connectivity index (χ2n) is 6.13. The third kappa shape index (κ3) is 8.51.